The van der Waals surface area contributed by atoms with Crippen molar-refractivity contribution in [1.29, 1.82) is 0 Å². The highest BCUT2D eigenvalue weighted by molar-refractivity contribution is 14.0. The molecule has 0 unspecified atom stereocenters. The molecule has 0 fully saturated rings. The van der Waals surface area contributed by atoms with Gasteiger partial charge in [-0.3, -0.25) is 0 Å². The van der Waals surface area contributed by atoms with Crippen LogP contribution in [0, 0.1) is 12.7 Å². The Bertz CT molecular complexity index is 469. The average molecular weight is 437 g/mol. The van der Waals surface area contributed by atoms with Crippen LogP contribution in [-0.2, 0) is 11.3 Å². The molecule has 1 aromatic rings. The van der Waals surface area contributed by atoms with Crippen molar-refractivity contribution in [3.05, 3.63) is 35.1 Å². The fourth-order valence-corrected chi connectivity index (χ4v) is 2.07. The molecule has 0 aliphatic rings. The van der Waals surface area contributed by atoms with E-state index in [1.54, 1.807) is 20.1 Å². The zero-order valence-corrected chi connectivity index (χ0v) is 16.7. The number of methoxy groups -OCH3 is 1. The minimum absolute atomic E-state index is 0. The molecule has 4 nitrogen and oxygen atoms in total. The van der Waals surface area contributed by atoms with Crippen LogP contribution >= 0.6 is 24.0 Å². The molecule has 2 N–H and O–H groups in total. The molecule has 0 radical (unpaired) electrons. The van der Waals surface area contributed by atoms with Gasteiger partial charge in [-0.25, -0.2) is 9.38 Å². The summed E-state index contributed by atoms with van der Waals surface area (Å²) in [6, 6.07) is 5.11. The number of ether oxygens (including phenoxy) is 1. The fourth-order valence-electron chi connectivity index (χ4n) is 2.07. The summed E-state index contributed by atoms with van der Waals surface area (Å²) < 4.78 is 18.3. The number of halogens is 2. The average Bonchev–Trinajstić information content (AvgIpc) is 2.51. The highest BCUT2D eigenvalue weighted by Crippen LogP contribution is 2.10. The van der Waals surface area contributed by atoms with Gasteiger partial charge in [0.25, 0.3) is 0 Å². The predicted octanol–water partition coefficient (Wildman–Crippen LogP) is 3.62. The van der Waals surface area contributed by atoms with E-state index < -0.39 is 0 Å². The number of guanidine groups is 1. The minimum Gasteiger partial charge on any atom is -0.385 e. The molecule has 1 rings (SSSR count). The third-order valence-corrected chi connectivity index (χ3v) is 3.30. The maximum atomic E-state index is 13.2. The van der Waals surface area contributed by atoms with E-state index >= 15 is 0 Å². The van der Waals surface area contributed by atoms with Gasteiger partial charge in [-0.15, -0.1) is 24.0 Å². The van der Waals surface area contributed by atoms with E-state index in [1.807, 2.05) is 13.0 Å². The first-order valence-corrected chi connectivity index (χ1v) is 7.93. The summed E-state index contributed by atoms with van der Waals surface area (Å²) >= 11 is 0. The van der Waals surface area contributed by atoms with E-state index in [1.165, 1.54) is 6.07 Å². The summed E-state index contributed by atoms with van der Waals surface area (Å²) in [5.74, 6) is 0.630. The molecule has 0 bridgehead atoms. The first kappa shape index (κ1) is 22.1. The number of hydrogen-bond acceptors (Lipinski definition) is 2. The Hall–Kier alpha value is -0.890. The highest BCUT2D eigenvalue weighted by atomic mass is 127. The van der Waals surface area contributed by atoms with Gasteiger partial charge in [0, 0.05) is 26.8 Å². The Morgan fingerprint density at radius 1 is 1.22 bits per heavy atom. The van der Waals surface area contributed by atoms with E-state index in [2.05, 4.69) is 15.6 Å². The molecule has 23 heavy (non-hydrogen) atoms. The second-order valence-electron chi connectivity index (χ2n) is 5.26. The first-order valence-electron chi connectivity index (χ1n) is 7.93. The van der Waals surface area contributed by atoms with Crippen molar-refractivity contribution < 1.29 is 9.13 Å². The molecule has 0 aromatic heterocycles. The van der Waals surface area contributed by atoms with Gasteiger partial charge in [0.15, 0.2) is 5.96 Å². The van der Waals surface area contributed by atoms with Gasteiger partial charge in [0.2, 0.25) is 0 Å². The van der Waals surface area contributed by atoms with Crippen LogP contribution in [0.15, 0.2) is 23.2 Å². The van der Waals surface area contributed by atoms with Crippen LogP contribution in [0.5, 0.6) is 0 Å². The molecule has 6 heteroatoms. The largest absolute Gasteiger partial charge is 0.385 e. The van der Waals surface area contributed by atoms with Crippen LogP contribution in [0.25, 0.3) is 0 Å². The summed E-state index contributed by atoms with van der Waals surface area (Å²) in [7, 11) is 1.73. The van der Waals surface area contributed by atoms with Crippen LogP contribution in [0.4, 0.5) is 4.39 Å². The number of hydrogen-bond donors (Lipinski definition) is 2. The van der Waals surface area contributed by atoms with E-state index in [4.69, 9.17) is 4.74 Å². The Kier molecular flexibility index (Phi) is 13.0. The van der Waals surface area contributed by atoms with Gasteiger partial charge in [-0.05, 0) is 50.3 Å². The molecule has 0 amide bonds. The van der Waals surface area contributed by atoms with Gasteiger partial charge in [0.1, 0.15) is 5.82 Å². The normalized spacial score (nSPS) is 11.0. The third kappa shape index (κ3) is 9.76. The quantitative estimate of drug-likeness (QED) is 0.269. The van der Waals surface area contributed by atoms with E-state index in [9.17, 15) is 4.39 Å². The van der Waals surface area contributed by atoms with Gasteiger partial charge < -0.3 is 15.4 Å². The molecule has 132 valence electrons. The van der Waals surface area contributed by atoms with Crippen molar-refractivity contribution in [1.82, 2.24) is 10.6 Å². The van der Waals surface area contributed by atoms with Crippen molar-refractivity contribution in [2.24, 2.45) is 4.99 Å². The molecule has 0 aliphatic heterocycles. The van der Waals surface area contributed by atoms with Crippen molar-refractivity contribution in [2.75, 3.05) is 26.8 Å². The monoisotopic (exact) mass is 437 g/mol. The smallest absolute Gasteiger partial charge is 0.191 e. The third-order valence-electron chi connectivity index (χ3n) is 3.30. The van der Waals surface area contributed by atoms with Gasteiger partial charge in [-0.1, -0.05) is 12.1 Å². The minimum atomic E-state index is -0.172. The molecular weight excluding hydrogens is 408 g/mol. The number of aryl methyl sites for hydroxylation is 1. The summed E-state index contributed by atoms with van der Waals surface area (Å²) in [6.07, 6.45) is 3.31. The number of benzene rings is 1. The molecule has 0 spiro atoms. The van der Waals surface area contributed by atoms with Gasteiger partial charge in [0.05, 0.1) is 6.54 Å². The molecular formula is C17H29FIN3O. The number of nitrogens with zero attached hydrogens (tertiary/aromatic N) is 1. The lowest BCUT2D eigenvalue weighted by atomic mass is 10.1. The maximum absolute atomic E-state index is 13.2. The van der Waals surface area contributed by atoms with Crippen LogP contribution in [0.3, 0.4) is 0 Å². The second-order valence-corrected chi connectivity index (χ2v) is 5.26. The Balaban J connectivity index is 0.00000484. The van der Waals surface area contributed by atoms with Crippen LogP contribution in [0.1, 0.15) is 37.3 Å². The lowest BCUT2D eigenvalue weighted by molar-refractivity contribution is 0.192. The number of unbranched alkanes of at least 4 members (excludes halogenated alkanes) is 2. The molecule has 0 saturated carbocycles. The Labute approximate surface area is 156 Å². The molecule has 1 aromatic carbocycles. The van der Waals surface area contributed by atoms with Crippen LogP contribution in [-0.4, -0.2) is 32.8 Å². The Morgan fingerprint density at radius 3 is 2.65 bits per heavy atom. The zero-order valence-electron chi connectivity index (χ0n) is 14.3. The number of aliphatic imine (C=N–C) groups is 1. The lowest BCUT2D eigenvalue weighted by Crippen LogP contribution is -2.37. The Morgan fingerprint density at radius 2 is 2.00 bits per heavy atom. The van der Waals surface area contributed by atoms with Crippen LogP contribution < -0.4 is 10.6 Å². The zero-order chi connectivity index (χ0) is 16.2. The van der Waals surface area contributed by atoms with Crippen molar-refractivity contribution in [2.45, 2.75) is 39.7 Å². The highest BCUT2D eigenvalue weighted by Gasteiger charge is 2.00. The number of nitrogens with one attached hydrogen (secondary N) is 2. The van der Waals surface area contributed by atoms with Crippen LogP contribution in [0.2, 0.25) is 0 Å². The standard InChI is InChI=1S/C17H28FN3O.HI/c1-4-19-17(20-10-6-5-7-11-22-3)21-13-15-8-9-16(18)14(2)12-15;/h8-9,12H,4-7,10-11,13H2,1-3H3,(H2,19,20,21);1H. The van der Waals surface area contributed by atoms with Gasteiger partial charge in [-0.2, -0.15) is 0 Å². The molecule has 0 atom stereocenters. The molecule has 0 aliphatic carbocycles. The number of rotatable bonds is 9. The topological polar surface area (TPSA) is 45.7 Å². The molecule has 0 heterocycles. The lowest BCUT2D eigenvalue weighted by Gasteiger charge is -2.11. The van der Waals surface area contributed by atoms with Crippen molar-refractivity contribution >= 4 is 29.9 Å². The summed E-state index contributed by atoms with van der Waals surface area (Å²) in [5.41, 5.74) is 1.67. The molecule has 0 saturated heterocycles. The van der Waals surface area contributed by atoms with E-state index in [-0.39, 0.29) is 29.8 Å². The van der Waals surface area contributed by atoms with Gasteiger partial charge >= 0.3 is 0 Å². The summed E-state index contributed by atoms with van der Waals surface area (Å²) in [4.78, 5) is 4.54. The maximum Gasteiger partial charge on any atom is 0.191 e. The second kappa shape index (κ2) is 13.5. The SMILES string of the molecule is CCNC(=NCc1ccc(F)c(C)c1)NCCCCCOC.I. The van der Waals surface area contributed by atoms with Crippen molar-refractivity contribution in [3.63, 3.8) is 0 Å². The van der Waals surface area contributed by atoms with E-state index in [0.717, 1.165) is 50.5 Å². The summed E-state index contributed by atoms with van der Waals surface area (Å²) in [5, 5.41) is 6.54. The first-order chi connectivity index (χ1) is 10.7. The fraction of sp³-hybridized carbons (Fsp3) is 0.588. The summed E-state index contributed by atoms with van der Waals surface area (Å²) in [6.45, 7) is 6.87. The van der Waals surface area contributed by atoms with E-state index in [0.29, 0.717) is 12.1 Å². The predicted molar refractivity (Wildman–Crippen MR) is 105 cm³/mol. The van der Waals surface area contributed by atoms with Crippen molar-refractivity contribution in [3.8, 4) is 0 Å².